The molecule has 3 aromatic rings. The average molecular weight is 367 g/mol. The number of hydrogen-bond acceptors (Lipinski definition) is 3. The minimum absolute atomic E-state index is 0.117. The first-order valence-corrected chi connectivity index (χ1v) is 10.1. The zero-order valence-electron chi connectivity index (χ0n) is 15.7. The van der Waals surface area contributed by atoms with Gasteiger partial charge in [0.1, 0.15) is 0 Å². The van der Waals surface area contributed by atoms with Crippen molar-refractivity contribution in [3.8, 4) is 11.1 Å². The molecule has 0 radical (unpaired) electrons. The second-order valence-electron chi connectivity index (χ2n) is 6.61. The van der Waals surface area contributed by atoms with E-state index in [-0.39, 0.29) is 11.9 Å². The molecule has 3 nitrogen and oxygen atoms in total. The predicted octanol–water partition coefficient (Wildman–Crippen LogP) is 5.31. The number of carbonyl (C=O) groups is 1. The summed E-state index contributed by atoms with van der Waals surface area (Å²) in [4.78, 5) is 14.0. The van der Waals surface area contributed by atoms with Crippen molar-refractivity contribution in [1.29, 1.82) is 0 Å². The third-order valence-electron chi connectivity index (χ3n) is 4.73. The number of nitrogens with zero attached hydrogens (tertiary/aromatic N) is 1. The van der Waals surface area contributed by atoms with Gasteiger partial charge in [0.2, 0.25) is 5.91 Å². The van der Waals surface area contributed by atoms with Crippen LogP contribution in [0.5, 0.6) is 0 Å². The van der Waals surface area contributed by atoms with Crippen LogP contribution in [0.4, 0.5) is 5.00 Å². The van der Waals surface area contributed by atoms with Crippen molar-refractivity contribution >= 4 is 33.0 Å². The molecule has 0 aliphatic carbocycles. The van der Waals surface area contributed by atoms with Gasteiger partial charge in [0, 0.05) is 31.6 Å². The van der Waals surface area contributed by atoms with Gasteiger partial charge in [-0.3, -0.25) is 4.79 Å². The molecule has 0 aliphatic rings. The van der Waals surface area contributed by atoms with E-state index in [4.69, 9.17) is 0 Å². The fourth-order valence-electron chi connectivity index (χ4n) is 3.19. The molecular weight excluding hydrogens is 340 g/mol. The number of rotatable bonds is 7. The van der Waals surface area contributed by atoms with E-state index in [2.05, 4.69) is 78.1 Å². The quantitative estimate of drug-likeness (QED) is 0.614. The Morgan fingerprint density at radius 1 is 1.12 bits per heavy atom. The molecule has 1 N–H and O–H groups in total. The second kappa shape index (κ2) is 8.37. The van der Waals surface area contributed by atoms with Gasteiger partial charge in [-0.05, 0) is 40.3 Å². The fourth-order valence-corrected chi connectivity index (χ4v) is 4.09. The van der Waals surface area contributed by atoms with Crippen LogP contribution in [0.1, 0.15) is 26.7 Å². The molecule has 1 amide bonds. The largest absolute Gasteiger partial charge is 0.364 e. The summed E-state index contributed by atoms with van der Waals surface area (Å²) in [5.74, 6) is 0.117. The molecular formula is C22H26N2OS. The van der Waals surface area contributed by atoms with E-state index in [0.717, 1.165) is 13.0 Å². The zero-order chi connectivity index (χ0) is 18.5. The number of carbonyl (C=O) groups excluding carboxylic acids is 1. The number of fused-ring (bicyclic) bond motifs is 1. The predicted molar refractivity (Wildman–Crippen MR) is 113 cm³/mol. The summed E-state index contributed by atoms with van der Waals surface area (Å²) in [5.41, 5.74) is 2.48. The molecule has 2 aromatic carbocycles. The lowest BCUT2D eigenvalue weighted by Gasteiger charge is -2.26. The molecule has 1 unspecified atom stereocenters. The van der Waals surface area contributed by atoms with Crippen LogP contribution in [0, 0.1) is 0 Å². The maximum absolute atomic E-state index is 11.7. The lowest BCUT2D eigenvalue weighted by molar-refractivity contribution is -0.121. The van der Waals surface area contributed by atoms with Crippen molar-refractivity contribution in [3.05, 3.63) is 53.9 Å². The normalized spacial score (nSPS) is 12.1. The van der Waals surface area contributed by atoms with E-state index in [1.165, 1.54) is 26.9 Å². The maximum Gasteiger partial charge on any atom is 0.219 e. The first-order chi connectivity index (χ1) is 12.6. The summed E-state index contributed by atoms with van der Waals surface area (Å²) >= 11 is 1.75. The van der Waals surface area contributed by atoms with Gasteiger partial charge >= 0.3 is 0 Å². The highest BCUT2D eigenvalue weighted by atomic mass is 32.1. The number of thiophene rings is 1. The number of anilines is 1. The SMILES string of the molecule is CCC(=O)NC(CC)CN(C)c1sccc1-c1ccc2ccccc2c1. The van der Waals surface area contributed by atoms with Crippen molar-refractivity contribution in [2.45, 2.75) is 32.7 Å². The highest BCUT2D eigenvalue weighted by Gasteiger charge is 2.16. The average Bonchev–Trinajstić information content (AvgIpc) is 3.16. The van der Waals surface area contributed by atoms with Crippen molar-refractivity contribution in [2.75, 3.05) is 18.5 Å². The van der Waals surface area contributed by atoms with Gasteiger partial charge in [-0.15, -0.1) is 11.3 Å². The minimum atomic E-state index is 0.117. The Morgan fingerprint density at radius 2 is 1.88 bits per heavy atom. The molecule has 0 bridgehead atoms. The summed E-state index contributed by atoms with van der Waals surface area (Å²) in [6.07, 6.45) is 1.45. The molecule has 0 saturated carbocycles. The standard InChI is InChI=1S/C22H26N2OS/c1-4-19(23-21(25)5-2)15-24(3)22-20(12-13-26-22)18-11-10-16-8-6-7-9-17(16)14-18/h6-14,19H,4-5,15H2,1-3H3,(H,23,25). The van der Waals surface area contributed by atoms with Crippen LogP contribution >= 0.6 is 11.3 Å². The number of amides is 1. The van der Waals surface area contributed by atoms with E-state index in [1.807, 2.05) is 6.92 Å². The summed E-state index contributed by atoms with van der Waals surface area (Å²) < 4.78 is 0. The Balaban J connectivity index is 1.83. The molecule has 26 heavy (non-hydrogen) atoms. The van der Waals surface area contributed by atoms with Gasteiger partial charge in [-0.25, -0.2) is 0 Å². The number of likely N-dealkylation sites (N-methyl/N-ethyl adjacent to an activating group) is 1. The lowest BCUT2D eigenvalue weighted by atomic mass is 10.0. The summed E-state index contributed by atoms with van der Waals surface area (Å²) in [6, 6.07) is 17.4. The van der Waals surface area contributed by atoms with Crippen LogP contribution in [0.25, 0.3) is 21.9 Å². The number of benzene rings is 2. The first-order valence-electron chi connectivity index (χ1n) is 9.19. The van der Waals surface area contributed by atoms with Gasteiger partial charge in [0.05, 0.1) is 5.00 Å². The molecule has 0 fully saturated rings. The topological polar surface area (TPSA) is 32.3 Å². The van der Waals surface area contributed by atoms with Crippen LogP contribution in [0.3, 0.4) is 0 Å². The monoisotopic (exact) mass is 366 g/mol. The second-order valence-corrected chi connectivity index (χ2v) is 7.50. The Morgan fingerprint density at radius 3 is 2.62 bits per heavy atom. The van der Waals surface area contributed by atoms with E-state index < -0.39 is 0 Å². The van der Waals surface area contributed by atoms with Gasteiger partial charge < -0.3 is 10.2 Å². The Kier molecular flexibility index (Phi) is 5.94. The molecule has 0 saturated heterocycles. The van der Waals surface area contributed by atoms with Gasteiger partial charge in [-0.2, -0.15) is 0 Å². The van der Waals surface area contributed by atoms with Gasteiger partial charge in [0.25, 0.3) is 0 Å². The van der Waals surface area contributed by atoms with Crippen molar-refractivity contribution < 1.29 is 4.79 Å². The van der Waals surface area contributed by atoms with Gasteiger partial charge in [0.15, 0.2) is 0 Å². The lowest BCUT2D eigenvalue weighted by Crippen LogP contribution is -2.42. The number of nitrogens with one attached hydrogen (secondary N) is 1. The molecule has 1 heterocycles. The van der Waals surface area contributed by atoms with E-state index >= 15 is 0 Å². The van der Waals surface area contributed by atoms with Gasteiger partial charge in [-0.1, -0.05) is 50.2 Å². The third-order valence-corrected chi connectivity index (χ3v) is 5.75. The third kappa shape index (κ3) is 4.07. The van der Waals surface area contributed by atoms with Crippen molar-refractivity contribution in [2.24, 2.45) is 0 Å². The number of hydrogen-bond donors (Lipinski definition) is 1. The van der Waals surface area contributed by atoms with Crippen molar-refractivity contribution in [1.82, 2.24) is 5.32 Å². The highest BCUT2D eigenvalue weighted by Crippen LogP contribution is 2.36. The van der Waals surface area contributed by atoms with Crippen LogP contribution in [0.15, 0.2) is 53.9 Å². The van der Waals surface area contributed by atoms with Crippen LogP contribution in [0.2, 0.25) is 0 Å². The summed E-state index contributed by atoms with van der Waals surface area (Å²) in [5, 5.41) is 9.01. The minimum Gasteiger partial charge on any atom is -0.364 e. The molecule has 1 atom stereocenters. The summed E-state index contributed by atoms with van der Waals surface area (Å²) in [7, 11) is 2.11. The molecule has 0 aliphatic heterocycles. The molecule has 136 valence electrons. The maximum atomic E-state index is 11.7. The van der Waals surface area contributed by atoms with Crippen LogP contribution in [-0.2, 0) is 4.79 Å². The van der Waals surface area contributed by atoms with E-state index in [1.54, 1.807) is 11.3 Å². The molecule has 0 spiro atoms. The van der Waals surface area contributed by atoms with Crippen LogP contribution in [-0.4, -0.2) is 25.5 Å². The Bertz CT molecular complexity index is 886. The molecule has 4 heteroatoms. The molecule has 3 rings (SSSR count). The Hall–Kier alpha value is -2.33. The van der Waals surface area contributed by atoms with E-state index in [0.29, 0.717) is 6.42 Å². The van der Waals surface area contributed by atoms with Crippen molar-refractivity contribution in [3.63, 3.8) is 0 Å². The van der Waals surface area contributed by atoms with Crippen LogP contribution < -0.4 is 10.2 Å². The highest BCUT2D eigenvalue weighted by molar-refractivity contribution is 7.14. The fraction of sp³-hybridized carbons (Fsp3) is 0.318. The first kappa shape index (κ1) is 18.5. The van der Waals surface area contributed by atoms with E-state index in [9.17, 15) is 4.79 Å². The summed E-state index contributed by atoms with van der Waals surface area (Å²) in [6.45, 7) is 4.82. The molecule has 1 aromatic heterocycles. The smallest absolute Gasteiger partial charge is 0.219 e. The Labute approximate surface area is 159 Å². The zero-order valence-corrected chi connectivity index (χ0v) is 16.5.